The molecule has 37 heavy (non-hydrogen) atoms. The molecule has 4 heterocycles. The van der Waals surface area contributed by atoms with Crippen LogP contribution < -0.4 is 10.2 Å². The maximum absolute atomic E-state index is 13.3. The van der Waals surface area contributed by atoms with E-state index in [-0.39, 0.29) is 5.91 Å². The molecule has 0 unspecified atom stereocenters. The number of benzene rings is 1. The predicted molar refractivity (Wildman–Crippen MR) is 144 cm³/mol. The molecule has 10 heteroatoms. The summed E-state index contributed by atoms with van der Waals surface area (Å²) in [4.78, 5) is 27.2. The number of carbonyl (C=O) groups excluding carboxylic acids is 1. The van der Waals surface area contributed by atoms with E-state index in [1.54, 1.807) is 19.4 Å². The highest BCUT2D eigenvalue weighted by Crippen LogP contribution is 2.36. The number of hydrogen-bond acceptors (Lipinski definition) is 7. The Kier molecular flexibility index (Phi) is 7.65. The fourth-order valence-electron chi connectivity index (χ4n) is 4.70. The van der Waals surface area contributed by atoms with E-state index >= 15 is 0 Å². The number of amides is 1. The third-order valence-corrected chi connectivity index (χ3v) is 6.70. The fourth-order valence-corrected chi connectivity index (χ4v) is 4.70. The third kappa shape index (κ3) is 5.75. The van der Waals surface area contributed by atoms with Gasteiger partial charge in [0.05, 0.1) is 48.8 Å². The summed E-state index contributed by atoms with van der Waals surface area (Å²) in [5.41, 5.74) is 5.24. The highest BCUT2D eigenvalue weighted by Gasteiger charge is 2.21. The van der Waals surface area contributed by atoms with Crippen LogP contribution >= 0.6 is 0 Å². The van der Waals surface area contributed by atoms with Crippen molar-refractivity contribution < 1.29 is 14.3 Å². The molecule has 2 aliphatic heterocycles. The van der Waals surface area contributed by atoms with Gasteiger partial charge in [0.1, 0.15) is 5.69 Å². The number of aryl methyl sites for hydroxylation is 1. The lowest BCUT2D eigenvalue weighted by atomic mass is 10.1. The van der Waals surface area contributed by atoms with E-state index < -0.39 is 0 Å². The van der Waals surface area contributed by atoms with E-state index in [9.17, 15) is 4.79 Å². The molecule has 2 fully saturated rings. The largest absolute Gasteiger partial charge is 0.468 e. The van der Waals surface area contributed by atoms with Gasteiger partial charge in [-0.15, -0.1) is 0 Å². The quantitative estimate of drug-likeness (QED) is 0.400. The molecule has 5 rings (SSSR count). The first-order valence-electron chi connectivity index (χ1n) is 12.8. The molecule has 0 aliphatic carbocycles. The van der Waals surface area contributed by atoms with Gasteiger partial charge in [0.2, 0.25) is 0 Å². The number of methoxy groups -OCH3 is 1. The van der Waals surface area contributed by atoms with Crippen molar-refractivity contribution in [2.24, 2.45) is 4.99 Å². The minimum atomic E-state index is -0.263. The fraction of sp³-hybridized carbons (Fsp3) is 0.407. The number of aromatic amines is 1. The molecule has 0 saturated carbocycles. The van der Waals surface area contributed by atoms with Crippen LogP contribution in [0.2, 0.25) is 0 Å². The summed E-state index contributed by atoms with van der Waals surface area (Å²) in [5.74, 6) is -0.263. The number of rotatable bonds is 5. The number of morpholine rings is 1. The second kappa shape index (κ2) is 11.4. The van der Waals surface area contributed by atoms with E-state index in [1.807, 2.05) is 31.2 Å². The smallest absolute Gasteiger partial charge is 0.292 e. The molecular weight excluding hydrogens is 470 g/mol. The van der Waals surface area contributed by atoms with Crippen molar-refractivity contribution >= 4 is 29.0 Å². The number of aliphatic imine (C=N–C) groups is 1. The average Bonchev–Trinajstić information content (AvgIpc) is 3.49. The van der Waals surface area contributed by atoms with E-state index in [0.717, 1.165) is 67.3 Å². The highest BCUT2D eigenvalue weighted by atomic mass is 16.5. The maximum Gasteiger partial charge on any atom is 0.292 e. The van der Waals surface area contributed by atoms with Crippen molar-refractivity contribution in [1.29, 1.82) is 0 Å². The Hall–Kier alpha value is -3.92. The number of ether oxygens (including phenoxy) is 2. The van der Waals surface area contributed by atoms with Gasteiger partial charge < -0.3 is 24.6 Å². The van der Waals surface area contributed by atoms with Crippen molar-refractivity contribution in [3.8, 4) is 11.4 Å². The van der Waals surface area contributed by atoms with Crippen LogP contribution in [0.1, 0.15) is 35.3 Å². The number of anilines is 2. The molecule has 0 atom stereocenters. The molecular formula is C27H33N7O3. The van der Waals surface area contributed by atoms with Crippen LogP contribution in [-0.4, -0.2) is 78.5 Å². The SMILES string of the molecule is CO/C(=N\c1cc(N2CCCCC2)c(NC(=O)c2cccc(-c3ccn[nH]3)n2)cc1C)N1CCOCC1. The number of aromatic nitrogens is 3. The van der Waals surface area contributed by atoms with Gasteiger partial charge in [0.15, 0.2) is 0 Å². The second-order valence-corrected chi connectivity index (χ2v) is 9.23. The van der Waals surface area contributed by atoms with E-state index in [0.29, 0.717) is 30.6 Å². The molecule has 1 amide bonds. The van der Waals surface area contributed by atoms with Crippen LogP contribution in [0.4, 0.5) is 17.1 Å². The first kappa shape index (κ1) is 24.8. The average molecular weight is 504 g/mol. The lowest BCUT2D eigenvalue weighted by Crippen LogP contribution is -2.41. The van der Waals surface area contributed by atoms with Crippen molar-refractivity contribution in [3.05, 3.63) is 53.9 Å². The number of piperidine rings is 1. The number of carbonyl (C=O) groups is 1. The molecule has 0 radical (unpaired) electrons. The number of hydrogen-bond donors (Lipinski definition) is 2. The van der Waals surface area contributed by atoms with Gasteiger partial charge in [-0.1, -0.05) is 6.07 Å². The normalized spacial score (nSPS) is 16.5. The number of pyridine rings is 1. The summed E-state index contributed by atoms with van der Waals surface area (Å²) in [6.07, 6.45) is 5.11. The first-order chi connectivity index (χ1) is 18.1. The second-order valence-electron chi connectivity index (χ2n) is 9.23. The Bertz CT molecular complexity index is 1250. The Balaban J connectivity index is 1.46. The summed E-state index contributed by atoms with van der Waals surface area (Å²) < 4.78 is 11.1. The first-order valence-corrected chi connectivity index (χ1v) is 12.8. The standard InChI is InChI=1S/C27H33N7O3/c1-19-17-24(30-26(35)22-8-6-7-20(29-22)21-9-10-28-32-21)25(33-11-4-3-5-12-33)18-23(19)31-27(36-2)34-13-15-37-16-14-34/h6-10,17-18H,3-5,11-16H2,1-2H3,(H,28,32)(H,30,35)/b31-27-. The van der Waals surface area contributed by atoms with Crippen molar-refractivity contribution in [2.75, 3.05) is 56.7 Å². The van der Waals surface area contributed by atoms with Crippen molar-refractivity contribution in [3.63, 3.8) is 0 Å². The van der Waals surface area contributed by atoms with Gasteiger partial charge in [0.25, 0.3) is 11.9 Å². The van der Waals surface area contributed by atoms with Crippen LogP contribution in [0.3, 0.4) is 0 Å². The molecule has 3 aromatic rings. The van der Waals surface area contributed by atoms with Crippen LogP contribution in [-0.2, 0) is 9.47 Å². The Morgan fingerprint density at radius 3 is 2.65 bits per heavy atom. The third-order valence-electron chi connectivity index (χ3n) is 6.70. The summed E-state index contributed by atoms with van der Waals surface area (Å²) in [6, 6.07) is 11.8. The molecule has 10 nitrogen and oxygen atoms in total. The van der Waals surface area contributed by atoms with Crippen LogP contribution in [0.5, 0.6) is 0 Å². The summed E-state index contributed by atoms with van der Waals surface area (Å²) in [7, 11) is 1.65. The van der Waals surface area contributed by atoms with Crippen LogP contribution in [0.25, 0.3) is 11.4 Å². The zero-order valence-electron chi connectivity index (χ0n) is 21.4. The summed E-state index contributed by atoms with van der Waals surface area (Å²) >= 11 is 0. The topological polar surface area (TPSA) is 108 Å². The maximum atomic E-state index is 13.3. The Morgan fingerprint density at radius 2 is 1.92 bits per heavy atom. The molecule has 2 aromatic heterocycles. The zero-order chi connectivity index (χ0) is 25.6. The molecule has 194 valence electrons. The van der Waals surface area contributed by atoms with Gasteiger partial charge in [0, 0.05) is 32.4 Å². The van der Waals surface area contributed by atoms with E-state index in [2.05, 4.69) is 36.4 Å². The molecule has 2 aliphatic rings. The number of nitrogens with one attached hydrogen (secondary N) is 2. The molecule has 1 aromatic carbocycles. The van der Waals surface area contributed by atoms with Gasteiger partial charge >= 0.3 is 0 Å². The molecule has 0 spiro atoms. The number of H-pyrrole nitrogens is 1. The minimum absolute atomic E-state index is 0.263. The lowest BCUT2D eigenvalue weighted by molar-refractivity contribution is 0.0580. The minimum Gasteiger partial charge on any atom is -0.468 e. The van der Waals surface area contributed by atoms with Gasteiger partial charge in [-0.3, -0.25) is 9.89 Å². The predicted octanol–water partition coefficient (Wildman–Crippen LogP) is 3.99. The summed E-state index contributed by atoms with van der Waals surface area (Å²) in [5, 5.41) is 9.99. The van der Waals surface area contributed by atoms with E-state index in [1.165, 1.54) is 6.42 Å². The van der Waals surface area contributed by atoms with E-state index in [4.69, 9.17) is 14.5 Å². The van der Waals surface area contributed by atoms with Crippen LogP contribution in [0.15, 0.2) is 47.6 Å². The van der Waals surface area contributed by atoms with Gasteiger partial charge in [-0.25, -0.2) is 4.98 Å². The monoisotopic (exact) mass is 503 g/mol. The van der Waals surface area contributed by atoms with Gasteiger partial charge in [-0.2, -0.15) is 10.1 Å². The van der Waals surface area contributed by atoms with Crippen molar-refractivity contribution in [1.82, 2.24) is 20.1 Å². The Labute approximate surface area is 216 Å². The Morgan fingerprint density at radius 1 is 1.11 bits per heavy atom. The molecule has 2 N–H and O–H groups in total. The van der Waals surface area contributed by atoms with Crippen molar-refractivity contribution in [2.45, 2.75) is 26.2 Å². The zero-order valence-corrected chi connectivity index (χ0v) is 21.4. The number of nitrogens with zero attached hydrogens (tertiary/aromatic N) is 5. The van der Waals surface area contributed by atoms with Gasteiger partial charge in [-0.05, 0) is 62.1 Å². The molecule has 0 bridgehead atoms. The van der Waals surface area contributed by atoms with Crippen LogP contribution in [0, 0.1) is 6.92 Å². The molecule has 2 saturated heterocycles. The lowest BCUT2D eigenvalue weighted by Gasteiger charge is -2.31. The number of amidine groups is 1. The summed E-state index contributed by atoms with van der Waals surface area (Å²) in [6.45, 7) is 6.65. The highest BCUT2D eigenvalue weighted by molar-refractivity contribution is 6.05.